The zero-order valence-corrected chi connectivity index (χ0v) is 15.7. The molecule has 2 aliphatic rings. The van der Waals surface area contributed by atoms with Crippen molar-refractivity contribution in [2.75, 3.05) is 7.11 Å². The van der Waals surface area contributed by atoms with E-state index in [0.717, 1.165) is 13.4 Å². The number of ether oxygens (including phenoxy) is 3. The number of benzene rings is 2. The quantitative estimate of drug-likeness (QED) is 0.326. The summed E-state index contributed by atoms with van der Waals surface area (Å²) in [5.41, 5.74) is 0.841. The number of fused-ring (bicyclic) bond motifs is 1. The van der Waals surface area contributed by atoms with E-state index in [2.05, 4.69) is 0 Å². The molecule has 8 nitrogen and oxygen atoms in total. The SMILES string of the molecule is COC(=O)/C(=C/O[C@@H]1C=C(c2ccccc2)C(=O)O1)N1C(=O)c2ccccc2C1=O. The lowest BCUT2D eigenvalue weighted by Gasteiger charge is -2.16. The Morgan fingerprint density at radius 1 is 0.967 bits per heavy atom. The van der Waals surface area contributed by atoms with Gasteiger partial charge in [0.25, 0.3) is 18.1 Å². The molecule has 30 heavy (non-hydrogen) atoms. The van der Waals surface area contributed by atoms with Crippen molar-refractivity contribution in [3.63, 3.8) is 0 Å². The molecule has 0 spiro atoms. The molecule has 0 fully saturated rings. The summed E-state index contributed by atoms with van der Waals surface area (Å²) in [5.74, 6) is -2.92. The van der Waals surface area contributed by atoms with E-state index >= 15 is 0 Å². The predicted octanol–water partition coefficient (Wildman–Crippen LogP) is 2.28. The van der Waals surface area contributed by atoms with Crippen LogP contribution in [-0.4, -0.2) is 42.1 Å². The summed E-state index contributed by atoms with van der Waals surface area (Å²) < 4.78 is 15.2. The fourth-order valence-corrected chi connectivity index (χ4v) is 3.14. The third-order valence-corrected chi connectivity index (χ3v) is 4.57. The predicted molar refractivity (Wildman–Crippen MR) is 102 cm³/mol. The molecule has 0 saturated carbocycles. The van der Waals surface area contributed by atoms with E-state index in [9.17, 15) is 19.2 Å². The van der Waals surface area contributed by atoms with Crippen LogP contribution in [0.2, 0.25) is 0 Å². The molecule has 0 unspecified atom stereocenters. The molecule has 2 aromatic carbocycles. The number of carbonyl (C=O) groups is 4. The summed E-state index contributed by atoms with van der Waals surface area (Å²) in [6.45, 7) is 0. The van der Waals surface area contributed by atoms with Gasteiger partial charge in [-0.3, -0.25) is 9.59 Å². The fraction of sp³-hybridized carbons (Fsp3) is 0.0909. The number of cyclic esters (lactones) is 1. The summed E-state index contributed by atoms with van der Waals surface area (Å²) in [4.78, 5) is 50.4. The van der Waals surface area contributed by atoms with Crippen molar-refractivity contribution in [2.24, 2.45) is 0 Å². The standard InChI is InChI=1S/C22H15NO7/c1-28-22(27)17(23-19(24)14-9-5-6-10-15(14)20(23)25)12-29-18-11-16(21(26)30-18)13-7-3-2-4-8-13/h2-12,18H,1H3/b17-12-/t18-/m0/s1. The van der Waals surface area contributed by atoms with Crippen LogP contribution >= 0.6 is 0 Å². The van der Waals surface area contributed by atoms with Gasteiger partial charge in [-0.2, -0.15) is 0 Å². The highest BCUT2D eigenvalue weighted by molar-refractivity contribution is 6.24. The Labute approximate surface area is 170 Å². The van der Waals surface area contributed by atoms with E-state index in [1.165, 1.54) is 18.2 Å². The van der Waals surface area contributed by atoms with E-state index < -0.39 is 35.7 Å². The third-order valence-electron chi connectivity index (χ3n) is 4.57. The molecule has 0 saturated heterocycles. The maximum atomic E-state index is 12.7. The molecule has 8 heteroatoms. The monoisotopic (exact) mass is 405 g/mol. The number of carbonyl (C=O) groups excluding carboxylic acids is 4. The van der Waals surface area contributed by atoms with Crippen LogP contribution in [0.5, 0.6) is 0 Å². The Balaban J connectivity index is 1.61. The average Bonchev–Trinajstić information content (AvgIpc) is 3.27. The van der Waals surface area contributed by atoms with Crippen molar-refractivity contribution in [2.45, 2.75) is 6.29 Å². The van der Waals surface area contributed by atoms with E-state index in [0.29, 0.717) is 16.0 Å². The molecule has 2 amide bonds. The number of nitrogens with zero attached hydrogens (tertiary/aromatic N) is 1. The number of amides is 2. The van der Waals surface area contributed by atoms with E-state index in [1.54, 1.807) is 36.4 Å². The molecule has 0 aromatic heterocycles. The molecule has 0 radical (unpaired) electrons. The Hall–Kier alpha value is -4.20. The molecule has 2 heterocycles. The average molecular weight is 405 g/mol. The molecule has 2 aromatic rings. The molecule has 0 bridgehead atoms. The fourth-order valence-electron chi connectivity index (χ4n) is 3.14. The minimum atomic E-state index is -1.14. The number of hydrogen-bond acceptors (Lipinski definition) is 7. The highest BCUT2D eigenvalue weighted by Crippen LogP contribution is 2.28. The lowest BCUT2D eigenvalue weighted by atomic mass is 10.1. The molecule has 150 valence electrons. The lowest BCUT2D eigenvalue weighted by molar-refractivity contribution is -0.150. The van der Waals surface area contributed by atoms with Crippen molar-refractivity contribution in [1.82, 2.24) is 4.90 Å². The van der Waals surface area contributed by atoms with Gasteiger partial charge >= 0.3 is 11.9 Å². The molecule has 0 aliphatic carbocycles. The van der Waals surface area contributed by atoms with Crippen LogP contribution < -0.4 is 0 Å². The number of imide groups is 1. The largest absolute Gasteiger partial charge is 0.464 e. The van der Waals surface area contributed by atoms with E-state index in [1.807, 2.05) is 6.07 Å². The first-order valence-corrected chi connectivity index (χ1v) is 8.91. The Kier molecular flexibility index (Phi) is 4.89. The molecule has 4 rings (SSSR count). The van der Waals surface area contributed by atoms with Crippen molar-refractivity contribution in [3.05, 3.63) is 89.3 Å². The highest BCUT2D eigenvalue weighted by Gasteiger charge is 2.41. The van der Waals surface area contributed by atoms with Gasteiger partial charge in [0.2, 0.25) is 0 Å². The number of rotatable bonds is 5. The number of hydrogen-bond donors (Lipinski definition) is 0. The van der Waals surface area contributed by atoms with Crippen molar-refractivity contribution < 1.29 is 33.4 Å². The zero-order valence-electron chi connectivity index (χ0n) is 15.7. The lowest BCUT2D eigenvalue weighted by Crippen LogP contribution is -2.34. The van der Waals surface area contributed by atoms with Crippen molar-refractivity contribution in [3.8, 4) is 0 Å². The second-order valence-electron chi connectivity index (χ2n) is 6.34. The van der Waals surface area contributed by atoms with Crippen molar-refractivity contribution in [1.29, 1.82) is 0 Å². The maximum Gasteiger partial charge on any atom is 0.358 e. The first-order valence-electron chi connectivity index (χ1n) is 8.91. The van der Waals surface area contributed by atoms with Crippen LogP contribution in [0.25, 0.3) is 5.57 Å². The Morgan fingerprint density at radius 3 is 2.17 bits per heavy atom. The van der Waals surface area contributed by atoms with E-state index in [4.69, 9.17) is 14.2 Å². The molecular weight excluding hydrogens is 390 g/mol. The third kappa shape index (κ3) is 3.24. The van der Waals surface area contributed by atoms with Gasteiger partial charge in [0.1, 0.15) is 6.26 Å². The van der Waals surface area contributed by atoms with Gasteiger partial charge in [0.15, 0.2) is 5.70 Å². The van der Waals surface area contributed by atoms with Gasteiger partial charge in [-0.1, -0.05) is 42.5 Å². The summed E-state index contributed by atoms with van der Waals surface area (Å²) in [6, 6.07) is 15.0. The van der Waals surface area contributed by atoms with Crippen LogP contribution in [-0.2, 0) is 23.8 Å². The zero-order chi connectivity index (χ0) is 21.3. The van der Waals surface area contributed by atoms with E-state index in [-0.39, 0.29) is 11.1 Å². The minimum Gasteiger partial charge on any atom is -0.464 e. The summed E-state index contributed by atoms with van der Waals surface area (Å²) in [5, 5.41) is 0. The maximum absolute atomic E-state index is 12.7. The molecular formula is C22H15NO7. The molecule has 1 atom stereocenters. The number of esters is 2. The van der Waals surface area contributed by atoms with Gasteiger partial charge in [-0.25, -0.2) is 14.5 Å². The second-order valence-corrected chi connectivity index (χ2v) is 6.34. The normalized spacial score (nSPS) is 18.1. The van der Waals surface area contributed by atoms with Gasteiger partial charge in [0.05, 0.1) is 23.8 Å². The van der Waals surface area contributed by atoms with Gasteiger partial charge < -0.3 is 14.2 Å². The van der Waals surface area contributed by atoms with Gasteiger partial charge in [-0.05, 0) is 17.7 Å². The Bertz CT molecular complexity index is 1080. The van der Waals surface area contributed by atoms with Crippen LogP contribution in [0.1, 0.15) is 26.3 Å². The first kappa shape index (κ1) is 19.1. The summed E-state index contributed by atoms with van der Waals surface area (Å²) in [7, 11) is 1.11. The summed E-state index contributed by atoms with van der Waals surface area (Å²) in [6.07, 6.45) is 1.18. The summed E-state index contributed by atoms with van der Waals surface area (Å²) >= 11 is 0. The topological polar surface area (TPSA) is 99.2 Å². The first-order chi connectivity index (χ1) is 14.5. The van der Waals surface area contributed by atoms with Gasteiger partial charge in [-0.15, -0.1) is 0 Å². The minimum absolute atomic E-state index is 0.163. The van der Waals surface area contributed by atoms with Gasteiger partial charge in [0, 0.05) is 6.08 Å². The van der Waals surface area contributed by atoms with Crippen molar-refractivity contribution >= 4 is 29.3 Å². The van der Waals surface area contributed by atoms with Crippen LogP contribution in [0.4, 0.5) is 0 Å². The van der Waals surface area contributed by atoms with Crippen LogP contribution in [0, 0.1) is 0 Å². The number of methoxy groups -OCH3 is 1. The second kappa shape index (κ2) is 7.67. The Morgan fingerprint density at radius 2 is 1.57 bits per heavy atom. The van der Waals surface area contributed by atoms with Crippen LogP contribution in [0.3, 0.4) is 0 Å². The van der Waals surface area contributed by atoms with Crippen LogP contribution in [0.15, 0.2) is 72.6 Å². The smallest absolute Gasteiger partial charge is 0.358 e. The molecule has 2 aliphatic heterocycles. The highest BCUT2D eigenvalue weighted by atomic mass is 16.7. The molecule has 0 N–H and O–H groups in total.